The van der Waals surface area contributed by atoms with Gasteiger partial charge < -0.3 is 9.47 Å². The van der Waals surface area contributed by atoms with Gasteiger partial charge in [-0.1, -0.05) is 23.3 Å². The lowest BCUT2D eigenvalue weighted by Gasteiger charge is -2.01. The van der Waals surface area contributed by atoms with Crippen LogP contribution < -0.4 is 0 Å². The van der Waals surface area contributed by atoms with Crippen LogP contribution in [-0.4, -0.2) is 24.6 Å². The molecule has 4 nitrogen and oxygen atoms in total. The van der Waals surface area contributed by atoms with Crippen molar-refractivity contribution in [2.75, 3.05) is 6.61 Å². The summed E-state index contributed by atoms with van der Waals surface area (Å²) in [6.07, 6.45) is 11.9. The van der Waals surface area contributed by atoms with Crippen LogP contribution in [0.1, 0.15) is 52.9 Å². The zero-order valence-corrected chi connectivity index (χ0v) is 14.8. The molecule has 130 valence electrons. The van der Waals surface area contributed by atoms with E-state index < -0.39 is 0 Å². The van der Waals surface area contributed by atoms with E-state index in [0.29, 0.717) is 13.0 Å². The molecular weight excluding hydrogens is 304 g/mol. The standard InChI is InChI=1S/C20H26O4/c1-14(2)10-18-12-17(20(22)24-18)9-5-7-15(3)6-4-8-16-11-19(21)23-13-16/h6,9-11,18H,4-5,7-8,12-13H2,1-3H3. The number of esters is 2. The Balaban J connectivity index is 1.73. The molecule has 24 heavy (non-hydrogen) atoms. The fourth-order valence-corrected chi connectivity index (χ4v) is 2.82. The highest BCUT2D eigenvalue weighted by Crippen LogP contribution is 2.23. The number of allylic oxidation sites excluding steroid dienone is 4. The number of ether oxygens (including phenoxy) is 2. The van der Waals surface area contributed by atoms with Gasteiger partial charge in [-0.15, -0.1) is 0 Å². The Labute approximate surface area is 143 Å². The molecule has 0 aromatic carbocycles. The summed E-state index contributed by atoms with van der Waals surface area (Å²) in [7, 11) is 0. The van der Waals surface area contributed by atoms with Gasteiger partial charge in [0, 0.05) is 18.1 Å². The van der Waals surface area contributed by atoms with E-state index in [0.717, 1.165) is 42.4 Å². The molecule has 1 unspecified atom stereocenters. The largest absolute Gasteiger partial charge is 0.458 e. The second-order valence-electron chi connectivity index (χ2n) is 6.66. The van der Waals surface area contributed by atoms with Crippen molar-refractivity contribution in [3.05, 3.63) is 46.6 Å². The Morgan fingerprint density at radius 2 is 2.04 bits per heavy atom. The van der Waals surface area contributed by atoms with E-state index in [1.165, 1.54) is 5.57 Å². The van der Waals surface area contributed by atoms with Crippen LogP contribution in [-0.2, 0) is 19.1 Å². The maximum absolute atomic E-state index is 11.8. The Morgan fingerprint density at radius 3 is 2.71 bits per heavy atom. The first-order valence-electron chi connectivity index (χ1n) is 8.51. The van der Waals surface area contributed by atoms with Gasteiger partial charge in [0.05, 0.1) is 0 Å². The first-order valence-corrected chi connectivity index (χ1v) is 8.51. The highest BCUT2D eigenvalue weighted by molar-refractivity contribution is 5.90. The van der Waals surface area contributed by atoms with Crippen molar-refractivity contribution in [3.63, 3.8) is 0 Å². The first-order chi connectivity index (χ1) is 11.4. The van der Waals surface area contributed by atoms with Crippen LogP contribution >= 0.6 is 0 Å². The van der Waals surface area contributed by atoms with Gasteiger partial charge in [0.1, 0.15) is 12.7 Å². The molecule has 0 radical (unpaired) electrons. The van der Waals surface area contributed by atoms with Crippen LogP contribution in [0.3, 0.4) is 0 Å². The number of rotatable bonds is 7. The summed E-state index contributed by atoms with van der Waals surface area (Å²) in [6.45, 7) is 6.55. The van der Waals surface area contributed by atoms with E-state index in [1.807, 2.05) is 26.0 Å². The lowest BCUT2D eigenvalue weighted by atomic mass is 10.0. The zero-order valence-electron chi connectivity index (χ0n) is 14.8. The number of carbonyl (C=O) groups excluding carboxylic acids is 2. The number of cyclic esters (lactones) is 2. The van der Waals surface area contributed by atoms with E-state index in [2.05, 4.69) is 13.0 Å². The predicted molar refractivity (Wildman–Crippen MR) is 93.3 cm³/mol. The first kappa shape index (κ1) is 18.2. The molecule has 0 aromatic heterocycles. The lowest BCUT2D eigenvalue weighted by molar-refractivity contribution is -0.137. The van der Waals surface area contributed by atoms with Crippen molar-refractivity contribution >= 4 is 11.9 Å². The van der Waals surface area contributed by atoms with Gasteiger partial charge in [-0.3, -0.25) is 0 Å². The molecule has 2 heterocycles. The minimum Gasteiger partial charge on any atom is -0.458 e. The molecule has 0 saturated carbocycles. The summed E-state index contributed by atoms with van der Waals surface area (Å²) in [4.78, 5) is 22.8. The third-order valence-electron chi connectivity index (χ3n) is 4.07. The van der Waals surface area contributed by atoms with Gasteiger partial charge in [-0.2, -0.15) is 0 Å². The molecule has 1 saturated heterocycles. The van der Waals surface area contributed by atoms with Gasteiger partial charge in [0.15, 0.2) is 0 Å². The molecule has 1 atom stereocenters. The summed E-state index contributed by atoms with van der Waals surface area (Å²) < 4.78 is 10.2. The van der Waals surface area contributed by atoms with Crippen LogP contribution in [0.25, 0.3) is 0 Å². The normalized spacial score (nSPS) is 22.5. The molecule has 2 aliphatic heterocycles. The van der Waals surface area contributed by atoms with E-state index >= 15 is 0 Å². The van der Waals surface area contributed by atoms with Crippen molar-refractivity contribution in [1.82, 2.24) is 0 Å². The Bertz CT molecular complexity index is 616. The summed E-state index contributed by atoms with van der Waals surface area (Å²) in [5, 5.41) is 0. The van der Waals surface area contributed by atoms with E-state index in [1.54, 1.807) is 6.08 Å². The maximum atomic E-state index is 11.8. The van der Waals surface area contributed by atoms with E-state index in [9.17, 15) is 9.59 Å². The zero-order chi connectivity index (χ0) is 17.5. The van der Waals surface area contributed by atoms with Crippen LogP contribution in [0.5, 0.6) is 0 Å². The average molecular weight is 330 g/mol. The Kier molecular flexibility index (Phi) is 6.59. The Hall–Kier alpha value is -2.10. The molecular formula is C20H26O4. The fourth-order valence-electron chi connectivity index (χ4n) is 2.82. The number of carbonyl (C=O) groups is 2. The van der Waals surface area contributed by atoms with E-state index in [4.69, 9.17) is 9.47 Å². The molecule has 0 spiro atoms. The van der Waals surface area contributed by atoms with Gasteiger partial charge >= 0.3 is 11.9 Å². The molecule has 0 amide bonds. The molecule has 0 aromatic rings. The van der Waals surface area contributed by atoms with Gasteiger partial charge in [-0.05, 0) is 58.1 Å². The predicted octanol–water partition coefficient (Wildman–Crippen LogP) is 4.18. The second kappa shape index (κ2) is 8.67. The minimum absolute atomic E-state index is 0.102. The minimum atomic E-state index is -0.229. The van der Waals surface area contributed by atoms with E-state index in [-0.39, 0.29) is 18.0 Å². The summed E-state index contributed by atoms with van der Waals surface area (Å²) in [5.41, 5.74) is 4.31. The SMILES string of the molecule is CC(C)=CC1CC(=CCCC(C)=CCCC2=CC(=O)OC2)C(=O)O1. The van der Waals surface area contributed by atoms with Crippen LogP contribution in [0.2, 0.25) is 0 Å². The Morgan fingerprint density at radius 1 is 1.25 bits per heavy atom. The topological polar surface area (TPSA) is 52.6 Å². The van der Waals surface area contributed by atoms with Gasteiger partial charge in [0.2, 0.25) is 0 Å². The van der Waals surface area contributed by atoms with Crippen molar-refractivity contribution in [2.24, 2.45) is 0 Å². The summed E-state index contributed by atoms with van der Waals surface area (Å²) in [6, 6.07) is 0. The number of hydrogen-bond acceptors (Lipinski definition) is 4. The highest BCUT2D eigenvalue weighted by Gasteiger charge is 2.26. The second-order valence-corrected chi connectivity index (χ2v) is 6.66. The molecule has 2 aliphatic rings. The maximum Gasteiger partial charge on any atom is 0.334 e. The molecule has 0 bridgehead atoms. The molecule has 2 rings (SSSR count). The lowest BCUT2D eigenvalue weighted by Crippen LogP contribution is -2.02. The molecule has 0 N–H and O–H groups in total. The monoisotopic (exact) mass is 330 g/mol. The third kappa shape index (κ3) is 5.84. The fraction of sp³-hybridized carbons (Fsp3) is 0.500. The van der Waals surface area contributed by atoms with Crippen molar-refractivity contribution in [2.45, 2.75) is 59.0 Å². The molecule has 0 aliphatic carbocycles. The van der Waals surface area contributed by atoms with Crippen LogP contribution in [0.4, 0.5) is 0 Å². The third-order valence-corrected chi connectivity index (χ3v) is 4.07. The van der Waals surface area contributed by atoms with Gasteiger partial charge in [0.25, 0.3) is 0 Å². The number of hydrogen-bond donors (Lipinski definition) is 0. The average Bonchev–Trinajstić information content (AvgIpc) is 3.05. The van der Waals surface area contributed by atoms with Crippen molar-refractivity contribution in [1.29, 1.82) is 0 Å². The molecule has 4 heteroatoms. The molecule has 1 fully saturated rings. The smallest absolute Gasteiger partial charge is 0.334 e. The highest BCUT2D eigenvalue weighted by atomic mass is 16.5. The van der Waals surface area contributed by atoms with Crippen molar-refractivity contribution < 1.29 is 19.1 Å². The quantitative estimate of drug-likeness (QED) is 0.399. The van der Waals surface area contributed by atoms with Crippen LogP contribution in [0.15, 0.2) is 46.6 Å². The van der Waals surface area contributed by atoms with Gasteiger partial charge in [-0.25, -0.2) is 9.59 Å². The summed E-state index contributed by atoms with van der Waals surface area (Å²) >= 11 is 0. The van der Waals surface area contributed by atoms with Crippen molar-refractivity contribution in [3.8, 4) is 0 Å². The summed E-state index contributed by atoms with van der Waals surface area (Å²) in [5.74, 6) is -0.413. The van der Waals surface area contributed by atoms with Crippen LogP contribution in [0, 0.1) is 0 Å².